The van der Waals surface area contributed by atoms with Crippen LogP contribution in [0.4, 0.5) is 0 Å². The van der Waals surface area contributed by atoms with Gasteiger partial charge in [-0.2, -0.15) is 0 Å². The third kappa shape index (κ3) is 2.55. The van der Waals surface area contributed by atoms with Crippen molar-refractivity contribution >= 4 is 5.91 Å². The number of aliphatic hydroxyl groups is 1. The van der Waals surface area contributed by atoms with Crippen molar-refractivity contribution in [1.29, 1.82) is 0 Å². The minimum atomic E-state index is -0.369. The molecule has 4 heteroatoms. The van der Waals surface area contributed by atoms with E-state index >= 15 is 0 Å². The average molecular weight is 194 g/mol. The van der Waals surface area contributed by atoms with Crippen LogP contribution in [0.2, 0.25) is 0 Å². The summed E-state index contributed by atoms with van der Waals surface area (Å²) in [7, 11) is 0. The van der Waals surface area contributed by atoms with E-state index in [1.807, 2.05) is 30.3 Å². The molecule has 1 rings (SSSR count). The first-order chi connectivity index (χ1) is 6.79. The van der Waals surface area contributed by atoms with E-state index in [1.54, 1.807) is 0 Å². The fourth-order valence-electron chi connectivity index (χ4n) is 1.36. The number of hydrazine groups is 1. The summed E-state index contributed by atoms with van der Waals surface area (Å²) < 4.78 is 0. The van der Waals surface area contributed by atoms with Crippen molar-refractivity contribution in [3.8, 4) is 0 Å². The number of nitrogens with two attached hydrogens (primary N) is 1. The lowest BCUT2D eigenvalue weighted by atomic mass is 9.95. The Bertz CT molecular complexity index is 287. The van der Waals surface area contributed by atoms with Crippen molar-refractivity contribution in [2.24, 2.45) is 5.84 Å². The molecule has 0 spiro atoms. The summed E-state index contributed by atoms with van der Waals surface area (Å²) >= 11 is 0. The number of carbonyl (C=O) groups is 1. The van der Waals surface area contributed by atoms with Crippen LogP contribution in [0, 0.1) is 0 Å². The average Bonchev–Trinajstić information content (AvgIpc) is 2.26. The highest BCUT2D eigenvalue weighted by Crippen LogP contribution is 2.18. The third-order valence-corrected chi connectivity index (χ3v) is 2.08. The highest BCUT2D eigenvalue weighted by atomic mass is 16.3. The first kappa shape index (κ1) is 10.7. The first-order valence-corrected chi connectivity index (χ1v) is 4.46. The van der Waals surface area contributed by atoms with Gasteiger partial charge < -0.3 is 5.11 Å². The molecule has 0 aromatic heterocycles. The lowest BCUT2D eigenvalue weighted by molar-refractivity contribution is -0.123. The van der Waals surface area contributed by atoms with E-state index in [0.29, 0.717) is 6.42 Å². The van der Waals surface area contributed by atoms with Gasteiger partial charge in [0, 0.05) is 6.61 Å². The van der Waals surface area contributed by atoms with Crippen molar-refractivity contribution < 1.29 is 9.90 Å². The van der Waals surface area contributed by atoms with Gasteiger partial charge in [0.2, 0.25) is 5.91 Å². The summed E-state index contributed by atoms with van der Waals surface area (Å²) in [5.41, 5.74) is 2.96. The molecule has 4 N–H and O–H groups in total. The summed E-state index contributed by atoms with van der Waals surface area (Å²) in [6.07, 6.45) is 0.382. The summed E-state index contributed by atoms with van der Waals surface area (Å²) in [5, 5.41) is 8.82. The second-order valence-corrected chi connectivity index (χ2v) is 2.98. The molecule has 1 aromatic rings. The first-order valence-electron chi connectivity index (χ1n) is 4.46. The predicted octanol–water partition coefficient (Wildman–Crippen LogP) is 0.142. The van der Waals surface area contributed by atoms with Crippen molar-refractivity contribution in [3.05, 3.63) is 35.9 Å². The Morgan fingerprint density at radius 3 is 2.57 bits per heavy atom. The molecule has 1 aromatic carbocycles. The highest BCUT2D eigenvalue weighted by molar-refractivity contribution is 5.83. The van der Waals surface area contributed by atoms with Crippen LogP contribution in [-0.2, 0) is 4.79 Å². The molecule has 1 atom stereocenters. The highest BCUT2D eigenvalue weighted by Gasteiger charge is 2.18. The second kappa shape index (κ2) is 5.36. The SMILES string of the molecule is NNC(=O)[C@@H](CCO)c1ccccc1. The molecule has 0 saturated carbocycles. The van der Waals surface area contributed by atoms with Gasteiger partial charge in [-0.05, 0) is 12.0 Å². The fourth-order valence-corrected chi connectivity index (χ4v) is 1.36. The van der Waals surface area contributed by atoms with Crippen LogP contribution < -0.4 is 11.3 Å². The third-order valence-electron chi connectivity index (χ3n) is 2.08. The summed E-state index contributed by atoms with van der Waals surface area (Å²) in [6.45, 7) is -0.0347. The zero-order valence-electron chi connectivity index (χ0n) is 7.81. The predicted molar refractivity (Wildman–Crippen MR) is 53.2 cm³/mol. The van der Waals surface area contributed by atoms with E-state index in [2.05, 4.69) is 5.43 Å². The molecule has 1 amide bonds. The standard InChI is InChI=1S/C10H14N2O2/c11-12-10(14)9(6-7-13)8-4-2-1-3-5-8/h1-5,9,13H,6-7,11H2,(H,12,14)/t9-/m0/s1. The van der Waals surface area contributed by atoms with Crippen molar-refractivity contribution in [2.45, 2.75) is 12.3 Å². The van der Waals surface area contributed by atoms with Crippen molar-refractivity contribution in [1.82, 2.24) is 5.43 Å². The van der Waals surface area contributed by atoms with Gasteiger partial charge in [-0.3, -0.25) is 10.2 Å². The second-order valence-electron chi connectivity index (χ2n) is 2.98. The summed E-state index contributed by atoms with van der Waals surface area (Å²) in [5.74, 6) is 4.42. The Morgan fingerprint density at radius 1 is 1.43 bits per heavy atom. The Kier molecular flexibility index (Phi) is 4.10. The maximum absolute atomic E-state index is 11.4. The number of nitrogens with one attached hydrogen (secondary N) is 1. The van der Waals surface area contributed by atoms with E-state index in [0.717, 1.165) is 5.56 Å². The van der Waals surface area contributed by atoms with Gasteiger partial charge in [0.25, 0.3) is 0 Å². The molecule has 0 aliphatic heterocycles. The monoisotopic (exact) mass is 194 g/mol. The van der Waals surface area contributed by atoms with Gasteiger partial charge in [-0.25, -0.2) is 5.84 Å². The number of rotatable bonds is 4. The van der Waals surface area contributed by atoms with Crippen LogP contribution in [0.5, 0.6) is 0 Å². The van der Waals surface area contributed by atoms with Gasteiger partial charge in [0.1, 0.15) is 0 Å². The molecule has 0 fully saturated rings. The number of hydrogen-bond acceptors (Lipinski definition) is 3. The molecule has 0 saturated heterocycles. The molecule has 76 valence electrons. The van der Waals surface area contributed by atoms with Gasteiger partial charge in [0.15, 0.2) is 0 Å². The zero-order chi connectivity index (χ0) is 10.4. The quantitative estimate of drug-likeness (QED) is 0.362. The molecule has 4 nitrogen and oxygen atoms in total. The number of carbonyl (C=O) groups excluding carboxylic acids is 1. The van der Waals surface area contributed by atoms with Crippen LogP contribution in [0.25, 0.3) is 0 Å². The van der Waals surface area contributed by atoms with Crippen LogP contribution in [0.1, 0.15) is 17.9 Å². The van der Waals surface area contributed by atoms with Crippen LogP contribution in [0.3, 0.4) is 0 Å². The largest absolute Gasteiger partial charge is 0.396 e. The lowest BCUT2D eigenvalue weighted by Gasteiger charge is -2.13. The van der Waals surface area contributed by atoms with E-state index in [9.17, 15) is 4.79 Å². The Hall–Kier alpha value is -1.39. The van der Waals surface area contributed by atoms with Gasteiger partial charge in [-0.1, -0.05) is 30.3 Å². The molecule has 0 heterocycles. The maximum atomic E-state index is 11.4. The Morgan fingerprint density at radius 2 is 2.07 bits per heavy atom. The zero-order valence-corrected chi connectivity index (χ0v) is 7.81. The molecule has 0 bridgehead atoms. The number of aliphatic hydroxyl groups excluding tert-OH is 1. The van der Waals surface area contributed by atoms with Crippen LogP contribution in [0.15, 0.2) is 30.3 Å². The van der Waals surface area contributed by atoms with E-state index < -0.39 is 0 Å². The van der Waals surface area contributed by atoms with Crippen LogP contribution in [-0.4, -0.2) is 17.6 Å². The minimum absolute atomic E-state index is 0.0347. The normalized spacial score (nSPS) is 12.1. The van der Waals surface area contributed by atoms with Crippen molar-refractivity contribution in [3.63, 3.8) is 0 Å². The number of hydrogen-bond donors (Lipinski definition) is 3. The van der Waals surface area contributed by atoms with E-state index in [4.69, 9.17) is 10.9 Å². The van der Waals surface area contributed by atoms with Crippen LogP contribution >= 0.6 is 0 Å². The summed E-state index contributed by atoms with van der Waals surface area (Å²) in [6, 6.07) is 9.26. The van der Waals surface area contributed by atoms with E-state index in [1.165, 1.54) is 0 Å². The summed E-state index contributed by atoms with van der Waals surface area (Å²) in [4.78, 5) is 11.4. The molecule has 0 unspecified atom stereocenters. The Balaban J connectivity index is 2.83. The van der Waals surface area contributed by atoms with E-state index in [-0.39, 0.29) is 18.4 Å². The molecular formula is C10H14N2O2. The number of benzene rings is 1. The topological polar surface area (TPSA) is 75.3 Å². The molecule has 0 radical (unpaired) electrons. The number of amides is 1. The maximum Gasteiger partial charge on any atom is 0.241 e. The Labute approximate surface area is 82.7 Å². The fraction of sp³-hybridized carbons (Fsp3) is 0.300. The molecule has 0 aliphatic rings. The molecule has 14 heavy (non-hydrogen) atoms. The van der Waals surface area contributed by atoms with Crippen molar-refractivity contribution in [2.75, 3.05) is 6.61 Å². The minimum Gasteiger partial charge on any atom is -0.396 e. The van der Waals surface area contributed by atoms with Gasteiger partial charge in [0.05, 0.1) is 5.92 Å². The smallest absolute Gasteiger partial charge is 0.241 e. The van der Waals surface area contributed by atoms with Gasteiger partial charge in [-0.15, -0.1) is 0 Å². The molecular weight excluding hydrogens is 180 g/mol. The lowest BCUT2D eigenvalue weighted by Crippen LogP contribution is -2.35. The molecule has 0 aliphatic carbocycles. The van der Waals surface area contributed by atoms with Gasteiger partial charge >= 0.3 is 0 Å².